The van der Waals surface area contributed by atoms with Crippen LogP contribution in [-0.2, 0) is 0 Å². The van der Waals surface area contributed by atoms with Crippen molar-refractivity contribution in [3.05, 3.63) is 66.2 Å². The molecule has 0 N–H and O–H groups in total. The van der Waals surface area contributed by atoms with E-state index in [-0.39, 0.29) is 6.04 Å². The molecule has 0 spiro atoms. The third-order valence-electron chi connectivity index (χ3n) is 6.84. The predicted molar refractivity (Wildman–Crippen MR) is 127 cm³/mol. The van der Waals surface area contributed by atoms with Crippen molar-refractivity contribution in [3.8, 4) is 11.5 Å². The molecule has 1 unspecified atom stereocenters. The molecule has 162 valence electrons. The molecule has 3 aromatic carbocycles. The van der Waals surface area contributed by atoms with E-state index in [9.17, 15) is 0 Å². The maximum absolute atomic E-state index is 6.40. The van der Waals surface area contributed by atoms with Crippen molar-refractivity contribution in [2.45, 2.75) is 37.8 Å². The molecule has 0 bridgehead atoms. The van der Waals surface area contributed by atoms with Crippen LogP contribution in [0.4, 0.5) is 5.69 Å². The number of rotatable bonds is 5. The quantitative estimate of drug-likeness (QED) is 0.536. The minimum atomic E-state index is 0.289. The summed E-state index contributed by atoms with van der Waals surface area (Å²) in [7, 11) is 3.95. The van der Waals surface area contributed by atoms with Gasteiger partial charge in [-0.05, 0) is 61.2 Å². The van der Waals surface area contributed by atoms with Crippen LogP contribution in [0.2, 0.25) is 0 Å². The number of benzene rings is 3. The number of piperazine rings is 1. The summed E-state index contributed by atoms with van der Waals surface area (Å²) in [5.41, 5.74) is 2.60. The highest BCUT2D eigenvalue weighted by Crippen LogP contribution is 2.39. The summed E-state index contributed by atoms with van der Waals surface area (Å²) in [6.07, 6.45) is 5.11. The van der Waals surface area contributed by atoms with Crippen LogP contribution in [0, 0.1) is 0 Å². The van der Waals surface area contributed by atoms with Crippen molar-refractivity contribution in [2.75, 3.05) is 38.7 Å². The Morgan fingerprint density at radius 2 is 1.68 bits per heavy atom. The molecule has 1 atom stereocenters. The largest absolute Gasteiger partial charge is 0.493 e. The highest BCUT2D eigenvalue weighted by molar-refractivity contribution is 5.86. The molecule has 1 saturated heterocycles. The van der Waals surface area contributed by atoms with Gasteiger partial charge in [0.25, 0.3) is 0 Å². The van der Waals surface area contributed by atoms with E-state index in [1.54, 1.807) is 7.11 Å². The molecule has 4 heteroatoms. The Balaban J connectivity index is 1.52. The molecule has 1 aliphatic carbocycles. The number of anilines is 1. The summed E-state index contributed by atoms with van der Waals surface area (Å²) in [6, 6.07) is 22.1. The molecular formula is C27H32N2O2. The lowest BCUT2D eigenvalue weighted by atomic mass is 9.95. The van der Waals surface area contributed by atoms with E-state index in [0.29, 0.717) is 6.10 Å². The standard InChI is InChI=1S/C27H32N2O2/c1-28-16-17-29(25(19-28)24-13-7-9-20-8-3-6-12-23(20)24)21-14-15-26(30-2)27(18-21)31-22-10-4-5-11-22/h3,6-9,12-15,18,22,25H,4-5,10-11,16-17,19H2,1-2H3. The molecule has 0 radical (unpaired) electrons. The first kappa shape index (κ1) is 20.2. The maximum Gasteiger partial charge on any atom is 0.163 e. The molecule has 3 aromatic rings. The minimum absolute atomic E-state index is 0.289. The Labute approximate surface area is 185 Å². The Kier molecular flexibility index (Phi) is 5.73. The smallest absolute Gasteiger partial charge is 0.163 e. The average Bonchev–Trinajstić information content (AvgIpc) is 3.32. The fraction of sp³-hybridized carbons (Fsp3) is 0.407. The van der Waals surface area contributed by atoms with E-state index in [4.69, 9.17) is 9.47 Å². The van der Waals surface area contributed by atoms with Gasteiger partial charge in [0.1, 0.15) is 0 Å². The summed E-state index contributed by atoms with van der Waals surface area (Å²) >= 11 is 0. The van der Waals surface area contributed by atoms with Gasteiger partial charge in [0.15, 0.2) is 11.5 Å². The molecule has 5 rings (SSSR count). The molecule has 1 saturated carbocycles. The van der Waals surface area contributed by atoms with Crippen molar-refractivity contribution < 1.29 is 9.47 Å². The van der Waals surface area contributed by atoms with Crippen LogP contribution < -0.4 is 14.4 Å². The molecule has 0 amide bonds. The molecule has 2 fully saturated rings. The van der Waals surface area contributed by atoms with Crippen LogP contribution in [-0.4, -0.2) is 44.8 Å². The van der Waals surface area contributed by atoms with Crippen molar-refractivity contribution >= 4 is 16.5 Å². The monoisotopic (exact) mass is 416 g/mol. The number of nitrogens with zero attached hydrogens (tertiary/aromatic N) is 2. The van der Waals surface area contributed by atoms with Gasteiger partial charge in [-0.25, -0.2) is 0 Å². The molecule has 0 aromatic heterocycles. The van der Waals surface area contributed by atoms with Crippen LogP contribution in [0.1, 0.15) is 37.3 Å². The highest BCUT2D eigenvalue weighted by atomic mass is 16.5. The van der Waals surface area contributed by atoms with Crippen LogP contribution >= 0.6 is 0 Å². The first-order valence-electron chi connectivity index (χ1n) is 11.5. The zero-order valence-electron chi connectivity index (χ0n) is 18.6. The summed E-state index contributed by atoms with van der Waals surface area (Å²) in [5, 5.41) is 2.64. The topological polar surface area (TPSA) is 24.9 Å². The number of methoxy groups -OCH3 is 1. The van der Waals surface area contributed by atoms with Gasteiger partial charge in [-0.1, -0.05) is 42.5 Å². The summed E-state index contributed by atoms with van der Waals surface area (Å²) in [4.78, 5) is 4.98. The van der Waals surface area contributed by atoms with E-state index in [1.807, 2.05) is 0 Å². The van der Waals surface area contributed by atoms with Crippen LogP contribution in [0.5, 0.6) is 11.5 Å². The van der Waals surface area contributed by atoms with Crippen molar-refractivity contribution in [3.63, 3.8) is 0 Å². The van der Waals surface area contributed by atoms with Gasteiger partial charge in [-0.3, -0.25) is 0 Å². The Morgan fingerprint density at radius 1 is 0.871 bits per heavy atom. The summed E-state index contributed by atoms with van der Waals surface area (Å²) in [6.45, 7) is 3.03. The van der Waals surface area contributed by atoms with E-state index in [2.05, 4.69) is 77.5 Å². The highest BCUT2D eigenvalue weighted by Gasteiger charge is 2.29. The predicted octanol–water partition coefficient (Wildman–Crippen LogP) is 5.66. The van der Waals surface area contributed by atoms with E-state index < -0.39 is 0 Å². The van der Waals surface area contributed by atoms with Crippen molar-refractivity contribution in [1.29, 1.82) is 0 Å². The van der Waals surface area contributed by atoms with Gasteiger partial charge in [-0.15, -0.1) is 0 Å². The van der Waals surface area contributed by atoms with Crippen molar-refractivity contribution in [1.82, 2.24) is 4.90 Å². The van der Waals surface area contributed by atoms with Gasteiger partial charge in [0, 0.05) is 31.4 Å². The van der Waals surface area contributed by atoms with E-state index >= 15 is 0 Å². The molecule has 4 nitrogen and oxygen atoms in total. The van der Waals surface area contributed by atoms with Gasteiger partial charge in [0.2, 0.25) is 0 Å². The van der Waals surface area contributed by atoms with Crippen LogP contribution in [0.3, 0.4) is 0 Å². The van der Waals surface area contributed by atoms with Crippen LogP contribution in [0.15, 0.2) is 60.7 Å². The van der Waals surface area contributed by atoms with Crippen molar-refractivity contribution in [2.24, 2.45) is 0 Å². The lowest BCUT2D eigenvalue weighted by molar-refractivity contribution is 0.200. The SMILES string of the molecule is COc1ccc(N2CCN(C)CC2c2cccc3ccccc23)cc1OC1CCCC1. The zero-order chi connectivity index (χ0) is 21.2. The maximum atomic E-state index is 6.40. The van der Waals surface area contributed by atoms with Gasteiger partial charge < -0.3 is 19.3 Å². The molecule has 1 aliphatic heterocycles. The molecule has 2 aliphatic rings. The second kappa shape index (κ2) is 8.80. The second-order valence-corrected chi connectivity index (χ2v) is 8.90. The number of hydrogen-bond acceptors (Lipinski definition) is 4. The molecular weight excluding hydrogens is 384 g/mol. The summed E-state index contributed by atoms with van der Waals surface area (Å²) in [5.74, 6) is 1.70. The lowest BCUT2D eigenvalue weighted by Crippen LogP contribution is -2.47. The Bertz CT molecular complexity index is 1040. The normalized spacial score (nSPS) is 20.3. The molecule has 1 heterocycles. The second-order valence-electron chi connectivity index (χ2n) is 8.90. The zero-order valence-corrected chi connectivity index (χ0v) is 18.6. The number of hydrogen-bond donors (Lipinski definition) is 0. The number of ether oxygens (including phenoxy) is 2. The number of likely N-dealkylation sites (N-methyl/N-ethyl adjacent to an activating group) is 1. The first-order chi connectivity index (χ1) is 15.2. The van der Waals surface area contributed by atoms with Crippen LogP contribution in [0.25, 0.3) is 10.8 Å². The minimum Gasteiger partial charge on any atom is -0.493 e. The molecule has 31 heavy (non-hydrogen) atoms. The fourth-order valence-electron chi connectivity index (χ4n) is 5.16. The van der Waals surface area contributed by atoms with E-state index in [1.165, 1.54) is 34.9 Å². The first-order valence-corrected chi connectivity index (χ1v) is 11.5. The average molecular weight is 417 g/mol. The van der Waals surface area contributed by atoms with E-state index in [0.717, 1.165) is 44.0 Å². The third kappa shape index (κ3) is 4.09. The third-order valence-corrected chi connectivity index (χ3v) is 6.84. The van der Waals surface area contributed by atoms with Gasteiger partial charge >= 0.3 is 0 Å². The lowest BCUT2D eigenvalue weighted by Gasteiger charge is -2.42. The van der Waals surface area contributed by atoms with Gasteiger partial charge in [-0.2, -0.15) is 0 Å². The Morgan fingerprint density at radius 3 is 2.52 bits per heavy atom. The van der Waals surface area contributed by atoms with Gasteiger partial charge in [0.05, 0.1) is 19.3 Å². The Hall–Kier alpha value is -2.72. The summed E-state index contributed by atoms with van der Waals surface area (Å²) < 4.78 is 12.0. The fourth-order valence-corrected chi connectivity index (χ4v) is 5.16. The number of fused-ring (bicyclic) bond motifs is 1.